The summed E-state index contributed by atoms with van der Waals surface area (Å²) in [6.45, 7) is -0.838. The first kappa shape index (κ1) is 18.2. The zero-order valence-corrected chi connectivity index (χ0v) is 14.4. The molecule has 0 atom stereocenters. The van der Waals surface area contributed by atoms with Crippen molar-refractivity contribution in [3.8, 4) is 6.07 Å². The second-order valence-corrected chi connectivity index (χ2v) is 7.08. The van der Waals surface area contributed by atoms with Crippen LogP contribution in [0.4, 0.5) is 0 Å². The van der Waals surface area contributed by atoms with E-state index in [-0.39, 0.29) is 26.6 Å². The Bertz CT molecular complexity index is 1070. The van der Waals surface area contributed by atoms with Crippen molar-refractivity contribution in [2.75, 3.05) is 6.54 Å². The zero-order chi connectivity index (χ0) is 19.6. The summed E-state index contributed by atoms with van der Waals surface area (Å²) in [6.07, 6.45) is 0. The molecule has 0 bridgehead atoms. The van der Waals surface area contributed by atoms with E-state index in [4.69, 9.17) is 10.1 Å². The number of hydrogen-bond donors (Lipinski definition) is 1. The highest BCUT2D eigenvalue weighted by Crippen LogP contribution is 2.22. The first-order chi connectivity index (χ1) is 12.8. The topological polar surface area (TPSA) is 134 Å². The molecule has 10 heteroatoms. The highest BCUT2D eigenvalue weighted by atomic mass is 32.2. The summed E-state index contributed by atoms with van der Waals surface area (Å²) in [5.41, 5.74) is 0.0661. The normalized spacial score (nSPS) is 13.2. The molecule has 0 spiro atoms. The van der Waals surface area contributed by atoms with E-state index in [1.54, 1.807) is 18.2 Å². The second kappa shape index (κ2) is 6.99. The molecule has 1 heterocycles. The number of nitriles is 1. The van der Waals surface area contributed by atoms with Gasteiger partial charge in [-0.3, -0.25) is 9.59 Å². The van der Waals surface area contributed by atoms with E-state index < -0.39 is 34.4 Å². The monoisotopic (exact) mass is 385 g/mol. The van der Waals surface area contributed by atoms with Crippen LogP contribution < -0.4 is 4.72 Å². The molecule has 1 N–H and O–H groups in total. The number of benzene rings is 2. The number of hydrogen-bond acceptors (Lipinski definition) is 7. The van der Waals surface area contributed by atoms with Crippen molar-refractivity contribution >= 4 is 27.8 Å². The lowest BCUT2D eigenvalue weighted by Crippen LogP contribution is -2.38. The third kappa shape index (κ3) is 3.41. The summed E-state index contributed by atoms with van der Waals surface area (Å²) in [5.74, 6) is -2.80. The summed E-state index contributed by atoms with van der Waals surface area (Å²) in [5, 5.41) is 9.26. The number of amides is 2. The zero-order valence-electron chi connectivity index (χ0n) is 13.6. The maximum Gasteiger partial charge on any atom is 0.347 e. The lowest BCUT2D eigenvalue weighted by molar-refractivity contribution is -0.166. The van der Waals surface area contributed by atoms with E-state index in [2.05, 4.69) is 0 Å². The molecule has 27 heavy (non-hydrogen) atoms. The molecule has 0 aromatic heterocycles. The van der Waals surface area contributed by atoms with Crippen molar-refractivity contribution in [2.45, 2.75) is 4.90 Å². The number of hydroxylamine groups is 2. The summed E-state index contributed by atoms with van der Waals surface area (Å²) >= 11 is 0. The first-order valence-electron chi connectivity index (χ1n) is 7.52. The summed E-state index contributed by atoms with van der Waals surface area (Å²) in [6, 6.07) is 13.1. The standard InChI is InChI=1S/C17H11N3O6S/c18-9-11-5-1-4-8-14(11)27(24,25)19-10-15(21)26-20-16(22)12-6-2-3-7-13(12)17(20)23/h1-8,19H,10H2. The molecule has 0 saturated heterocycles. The number of nitrogens with one attached hydrogen (secondary N) is 1. The van der Waals surface area contributed by atoms with Gasteiger partial charge in [-0.15, -0.1) is 0 Å². The molecule has 0 fully saturated rings. The van der Waals surface area contributed by atoms with Gasteiger partial charge in [-0.1, -0.05) is 29.3 Å². The van der Waals surface area contributed by atoms with Crippen molar-refractivity contribution in [1.29, 1.82) is 5.26 Å². The summed E-state index contributed by atoms with van der Waals surface area (Å²) in [7, 11) is -4.17. The molecule has 0 radical (unpaired) electrons. The van der Waals surface area contributed by atoms with Gasteiger partial charge in [-0.05, 0) is 24.3 Å². The predicted octanol–water partition coefficient (Wildman–Crippen LogP) is 0.591. The summed E-state index contributed by atoms with van der Waals surface area (Å²) < 4.78 is 26.5. The minimum absolute atomic E-state index is 0.0822. The summed E-state index contributed by atoms with van der Waals surface area (Å²) in [4.78, 5) is 40.5. The molecule has 136 valence electrons. The maximum atomic E-state index is 12.2. The first-order valence-corrected chi connectivity index (χ1v) is 9.01. The van der Waals surface area contributed by atoms with Crippen molar-refractivity contribution in [3.05, 3.63) is 65.2 Å². The van der Waals surface area contributed by atoms with Gasteiger partial charge in [0.25, 0.3) is 11.8 Å². The molecule has 2 aromatic carbocycles. The Morgan fingerprint density at radius 2 is 1.59 bits per heavy atom. The highest BCUT2D eigenvalue weighted by Gasteiger charge is 2.38. The van der Waals surface area contributed by atoms with Gasteiger partial charge in [0.2, 0.25) is 10.0 Å². The molecular weight excluding hydrogens is 374 g/mol. The van der Waals surface area contributed by atoms with Gasteiger partial charge < -0.3 is 4.84 Å². The van der Waals surface area contributed by atoms with Crippen LogP contribution in [0.25, 0.3) is 0 Å². The fraction of sp³-hybridized carbons (Fsp3) is 0.0588. The SMILES string of the molecule is N#Cc1ccccc1S(=O)(=O)NCC(=O)ON1C(=O)c2ccccc2C1=O. The molecule has 3 rings (SSSR count). The Hall–Kier alpha value is -3.55. The van der Waals surface area contributed by atoms with Crippen LogP contribution in [0.15, 0.2) is 53.4 Å². The van der Waals surface area contributed by atoms with Crippen LogP contribution in [-0.4, -0.2) is 37.8 Å². The van der Waals surface area contributed by atoms with E-state index in [0.717, 1.165) is 0 Å². The number of fused-ring (bicyclic) bond motifs is 1. The molecule has 1 aliphatic heterocycles. The third-order valence-electron chi connectivity index (χ3n) is 3.65. The van der Waals surface area contributed by atoms with Gasteiger partial charge in [0.05, 0.1) is 21.6 Å². The van der Waals surface area contributed by atoms with Crippen LogP contribution in [0.5, 0.6) is 0 Å². The number of carbonyl (C=O) groups excluding carboxylic acids is 3. The van der Waals surface area contributed by atoms with E-state index in [1.165, 1.54) is 36.4 Å². The number of imide groups is 1. The predicted molar refractivity (Wildman–Crippen MR) is 89.4 cm³/mol. The average Bonchev–Trinajstić information content (AvgIpc) is 2.91. The number of nitrogens with zero attached hydrogens (tertiary/aromatic N) is 2. The molecule has 2 aromatic rings. The Morgan fingerprint density at radius 1 is 1.04 bits per heavy atom. The van der Waals surface area contributed by atoms with E-state index >= 15 is 0 Å². The lowest BCUT2D eigenvalue weighted by atomic mass is 10.1. The van der Waals surface area contributed by atoms with Crippen LogP contribution in [0, 0.1) is 11.3 Å². The van der Waals surface area contributed by atoms with Crippen molar-refractivity contribution in [1.82, 2.24) is 9.79 Å². The average molecular weight is 385 g/mol. The Kier molecular flexibility index (Phi) is 4.72. The fourth-order valence-electron chi connectivity index (χ4n) is 2.41. The van der Waals surface area contributed by atoms with Crippen molar-refractivity contribution in [2.24, 2.45) is 0 Å². The quantitative estimate of drug-likeness (QED) is 0.745. The van der Waals surface area contributed by atoms with Crippen LogP contribution in [0.2, 0.25) is 0 Å². The number of carbonyl (C=O) groups is 3. The van der Waals surface area contributed by atoms with E-state index in [0.29, 0.717) is 0 Å². The van der Waals surface area contributed by atoms with Crippen LogP contribution >= 0.6 is 0 Å². The Balaban J connectivity index is 1.68. The fourth-order valence-corrected chi connectivity index (χ4v) is 3.53. The third-order valence-corrected chi connectivity index (χ3v) is 5.11. The Labute approximate surface area is 153 Å². The largest absolute Gasteiger partial charge is 0.347 e. The number of rotatable bonds is 5. The molecule has 0 saturated carbocycles. The molecule has 1 aliphatic rings. The van der Waals surface area contributed by atoms with Gasteiger partial charge in [-0.2, -0.15) is 9.98 Å². The molecule has 0 unspecified atom stereocenters. The van der Waals surface area contributed by atoms with Crippen LogP contribution in [-0.2, 0) is 19.7 Å². The molecule has 2 amide bonds. The number of sulfonamides is 1. The van der Waals surface area contributed by atoms with E-state index in [1.807, 2.05) is 4.72 Å². The van der Waals surface area contributed by atoms with Gasteiger partial charge in [-0.25, -0.2) is 13.2 Å². The molecular formula is C17H11N3O6S. The smallest absolute Gasteiger partial charge is 0.328 e. The van der Waals surface area contributed by atoms with E-state index in [9.17, 15) is 22.8 Å². The minimum atomic E-state index is -4.17. The lowest BCUT2D eigenvalue weighted by Gasteiger charge is -2.13. The molecule has 0 aliphatic carbocycles. The van der Waals surface area contributed by atoms with Crippen LogP contribution in [0.1, 0.15) is 26.3 Å². The molecule has 9 nitrogen and oxygen atoms in total. The minimum Gasteiger partial charge on any atom is -0.328 e. The van der Waals surface area contributed by atoms with Gasteiger partial charge in [0, 0.05) is 0 Å². The van der Waals surface area contributed by atoms with Crippen LogP contribution in [0.3, 0.4) is 0 Å². The van der Waals surface area contributed by atoms with Gasteiger partial charge in [0.1, 0.15) is 12.6 Å². The second-order valence-electron chi connectivity index (χ2n) is 5.35. The van der Waals surface area contributed by atoms with Gasteiger partial charge >= 0.3 is 5.97 Å². The highest BCUT2D eigenvalue weighted by molar-refractivity contribution is 7.89. The van der Waals surface area contributed by atoms with Crippen molar-refractivity contribution in [3.63, 3.8) is 0 Å². The maximum absolute atomic E-state index is 12.2. The van der Waals surface area contributed by atoms with Gasteiger partial charge in [0.15, 0.2) is 0 Å². The Morgan fingerprint density at radius 3 is 2.19 bits per heavy atom. The van der Waals surface area contributed by atoms with Crippen molar-refractivity contribution < 1.29 is 27.6 Å².